The van der Waals surface area contributed by atoms with Gasteiger partial charge in [0.1, 0.15) is 5.82 Å². The summed E-state index contributed by atoms with van der Waals surface area (Å²) < 4.78 is 0. The third kappa shape index (κ3) is 3.48. The topological polar surface area (TPSA) is 78.4 Å². The maximum Gasteiger partial charge on any atom is 0.253 e. The number of nitrogens with one attached hydrogen (secondary N) is 1. The van der Waals surface area contributed by atoms with Gasteiger partial charge in [-0.3, -0.25) is 4.79 Å². The van der Waals surface area contributed by atoms with Crippen molar-refractivity contribution >= 4 is 34.4 Å². The molecule has 2 aromatic rings. The molecule has 1 aliphatic carbocycles. The third-order valence-corrected chi connectivity index (χ3v) is 6.21. The summed E-state index contributed by atoms with van der Waals surface area (Å²) in [5.74, 6) is 0.836. The Morgan fingerprint density at radius 2 is 2.11 bits per heavy atom. The average molecular weight is 389 g/mol. The van der Waals surface area contributed by atoms with E-state index in [9.17, 15) is 9.90 Å². The highest BCUT2D eigenvalue weighted by molar-refractivity contribution is 6.33. The molecule has 1 unspecified atom stereocenters. The van der Waals surface area contributed by atoms with Crippen LogP contribution in [0.2, 0.25) is 5.02 Å². The molecule has 0 bridgehead atoms. The second-order valence-corrected chi connectivity index (χ2v) is 8.80. The molecule has 3 heterocycles. The monoisotopic (exact) mass is 388 g/mol. The van der Waals surface area contributed by atoms with Gasteiger partial charge in [-0.25, -0.2) is 9.97 Å². The second kappa shape index (κ2) is 6.60. The molecule has 2 aliphatic rings. The maximum absolute atomic E-state index is 12.5. The van der Waals surface area contributed by atoms with E-state index < -0.39 is 5.60 Å². The number of hydrogen-bond acceptors (Lipinski definition) is 5. The van der Waals surface area contributed by atoms with Gasteiger partial charge in [0, 0.05) is 30.2 Å². The molecule has 144 valence electrons. The van der Waals surface area contributed by atoms with Crippen LogP contribution in [-0.2, 0) is 0 Å². The molecule has 1 saturated heterocycles. The Labute approximate surface area is 163 Å². The molecule has 4 rings (SSSR count). The third-order valence-electron chi connectivity index (χ3n) is 5.93. The Bertz CT molecular complexity index is 889. The van der Waals surface area contributed by atoms with Crippen molar-refractivity contribution < 1.29 is 9.90 Å². The molecule has 1 atom stereocenters. The van der Waals surface area contributed by atoms with E-state index in [1.807, 2.05) is 19.9 Å². The van der Waals surface area contributed by atoms with Crippen LogP contribution in [0.1, 0.15) is 50.4 Å². The molecule has 0 radical (unpaired) electrons. The molecule has 2 N–H and O–H groups in total. The normalized spacial score (nSPS) is 25.1. The maximum atomic E-state index is 12.5. The fourth-order valence-corrected chi connectivity index (χ4v) is 4.04. The number of halogens is 1. The van der Waals surface area contributed by atoms with E-state index in [4.69, 9.17) is 11.6 Å². The summed E-state index contributed by atoms with van der Waals surface area (Å²) >= 11 is 6.43. The number of anilines is 1. The zero-order valence-electron chi connectivity index (χ0n) is 15.9. The van der Waals surface area contributed by atoms with E-state index in [1.54, 1.807) is 12.3 Å². The first kappa shape index (κ1) is 18.4. The number of hydrogen-bond donors (Lipinski definition) is 2. The van der Waals surface area contributed by atoms with E-state index in [2.05, 4.69) is 27.1 Å². The van der Waals surface area contributed by atoms with E-state index in [1.165, 1.54) is 0 Å². The van der Waals surface area contributed by atoms with Gasteiger partial charge < -0.3 is 15.3 Å². The first-order valence-corrected chi connectivity index (χ1v) is 9.86. The molecule has 1 saturated carbocycles. The Hall–Kier alpha value is -1.92. The van der Waals surface area contributed by atoms with Crippen molar-refractivity contribution in [3.05, 3.63) is 28.9 Å². The van der Waals surface area contributed by atoms with Crippen LogP contribution in [0.25, 0.3) is 11.0 Å². The lowest BCUT2D eigenvalue weighted by Crippen LogP contribution is -2.50. The first-order chi connectivity index (χ1) is 12.7. The Morgan fingerprint density at radius 3 is 2.70 bits per heavy atom. The standard InChI is InChI=1S/C20H25ClN4O2/c1-11-4-5-25(11)18-16(21)7-12-6-13(10-22-17(12)24-18)19(26)23-15-8-14(9-15)20(2,3)27/h6-7,10-11,14-15,27H,4-5,8-9H2,1-3H3,(H,23,26). The van der Waals surface area contributed by atoms with Gasteiger partial charge in [0.2, 0.25) is 0 Å². The van der Waals surface area contributed by atoms with Crippen LogP contribution in [0.5, 0.6) is 0 Å². The molecule has 2 fully saturated rings. The van der Waals surface area contributed by atoms with Gasteiger partial charge in [-0.2, -0.15) is 0 Å². The van der Waals surface area contributed by atoms with Crippen LogP contribution in [-0.4, -0.2) is 45.2 Å². The van der Waals surface area contributed by atoms with Crippen LogP contribution in [0, 0.1) is 5.92 Å². The molecular formula is C20H25ClN4O2. The molecular weight excluding hydrogens is 364 g/mol. The Kier molecular flexibility index (Phi) is 4.51. The summed E-state index contributed by atoms with van der Waals surface area (Å²) in [6.45, 7) is 6.73. The highest BCUT2D eigenvalue weighted by Gasteiger charge is 2.39. The summed E-state index contributed by atoms with van der Waals surface area (Å²) in [5.41, 5.74) is 0.396. The van der Waals surface area contributed by atoms with Gasteiger partial charge in [-0.1, -0.05) is 11.6 Å². The minimum absolute atomic E-state index is 0.0987. The number of rotatable bonds is 4. The van der Waals surface area contributed by atoms with Crippen molar-refractivity contribution in [2.45, 2.75) is 57.7 Å². The van der Waals surface area contributed by atoms with E-state index in [0.29, 0.717) is 22.3 Å². The zero-order chi connectivity index (χ0) is 19.3. The first-order valence-electron chi connectivity index (χ1n) is 9.48. The highest BCUT2D eigenvalue weighted by atomic mass is 35.5. The Balaban J connectivity index is 1.48. The molecule has 0 spiro atoms. The van der Waals surface area contributed by atoms with Gasteiger partial charge in [0.05, 0.1) is 16.2 Å². The van der Waals surface area contributed by atoms with Crippen molar-refractivity contribution in [1.82, 2.24) is 15.3 Å². The summed E-state index contributed by atoms with van der Waals surface area (Å²) in [5, 5.41) is 14.4. The molecule has 7 heteroatoms. The SMILES string of the molecule is CC1CCN1c1nc2ncc(C(=O)NC3CC(C(C)(C)O)C3)cc2cc1Cl. The fraction of sp³-hybridized carbons (Fsp3) is 0.550. The summed E-state index contributed by atoms with van der Waals surface area (Å²) in [7, 11) is 0. The number of pyridine rings is 2. The van der Waals surface area contributed by atoms with Crippen molar-refractivity contribution in [1.29, 1.82) is 0 Å². The predicted molar refractivity (Wildman–Crippen MR) is 106 cm³/mol. The zero-order valence-corrected chi connectivity index (χ0v) is 16.6. The summed E-state index contributed by atoms with van der Waals surface area (Å²) in [6, 6.07) is 4.16. The van der Waals surface area contributed by atoms with Crippen LogP contribution >= 0.6 is 11.6 Å². The van der Waals surface area contributed by atoms with E-state index in [0.717, 1.165) is 37.0 Å². The lowest BCUT2D eigenvalue weighted by molar-refractivity contribution is -0.0309. The highest BCUT2D eigenvalue weighted by Crippen LogP contribution is 2.36. The minimum Gasteiger partial charge on any atom is -0.390 e. The van der Waals surface area contributed by atoms with Gasteiger partial charge in [-0.15, -0.1) is 0 Å². The largest absolute Gasteiger partial charge is 0.390 e. The minimum atomic E-state index is -0.695. The van der Waals surface area contributed by atoms with Crippen molar-refractivity contribution in [2.75, 3.05) is 11.4 Å². The van der Waals surface area contributed by atoms with E-state index in [-0.39, 0.29) is 17.9 Å². The second-order valence-electron chi connectivity index (χ2n) is 8.39. The average Bonchev–Trinajstić information content (AvgIpc) is 2.55. The van der Waals surface area contributed by atoms with E-state index >= 15 is 0 Å². The molecule has 1 aliphatic heterocycles. The van der Waals surface area contributed by atoms with Crippen molar-refractivity contribution in [3.63, 3.8) is 0 Å². The summed E-state index contributed by atoms with van der Waals surface area (Å²) in [4.78, 5) is 23.7. The number of amides is 1. The van der Waals surface area contributed by atoms with Crippen molar-refractivity contribution in [2.24, 2.45) is 5.92 Å². The van der Waals surface area contributed by atoms with Crippen molar-refractivity contribution in [3.8, 4) is 0 Å². The number of carbonyl (C=O) groups excluding carboxylic acids is 1. The molecule has 1 amide bonds. The molecule has 0 aromatic carbocycles. The number of fused-ring (bicyclic) bond motifs is 1. The smallest absolute Gasteiger partial charge is 0.253 e. The molecule has 2 aromatic heterocycles. The number of nitrogens with zero attached hydrogens (tertiary/aromatic N) is 3. The van der Waals surface area contributed by atoms with Gasteiger partial charge in [0.15, 0.2) is 5.65 Å². The van der Waals surface area contributed by atoms with Crippen LogP contribution < -0.4 is 10.2 Å². The molecule has 27 heavy (non-hydrogen) atoms. The number of aliphatic hydroxyl groups is 1. The molecule has 6 nitrogen and oxygen atoms in total. The van der Waals surface area contributed by atoms with Gasteiger partial charge >= 0.3 is 0 Å². The Morgan fingerprint density at radius 1 is 1.37 bits per heavy atom. The number of carbonyl (C=O) groups is 1. The lowest BCUT2D eigenvalue weighted by atomic mass is 9.71. The summed E-state index contributed by atoms with van der Waals surface area (Å²) in [6.07, 6.45) is 4.29. The van der Waals surface area contributed by atoms with Gasteiger partial charge in [-0.05, 0) is 58.1 Å². The predicted octanol–water partition coefficient (Wildman–Crippen LogP) is 3.16. The van der Waals surface area contributed by atoms with Crippen LogP contribution in [0.3, 0.4) is 0 Å². The number of aromatic nitrogens is 2. The lowest BCUT2D eigenvalue weighted by Gasteiger charge is -2.42. The van der Waals surface area contributed by atoms with Crippen LogP contribution in [0.15, 0.2) is 18.3 Å². The van der Waals surface area contributed by atoms with Crippen LogP contribution in [0.4, 0.5) is 5.82 Å². The quantitative estimate of drug-likeness (QED) is 0.841. The fourth-order valence-electron chi connectivity index (χ4n) is 3.77. The van der Waals surface area contributed by atoms with Gasteiger partial charge in [0.25, 0.3) is 5.91 Å².